The molecule has 1 fully saturated rings. The second-order valence-corrected chi connectivity index (χ2v) is 9.22. The van der Waals surface area contributed by atoms with E-state index in [-0.39, 0.29) is 44.5 Å². The van der Waals surface area contributed by atoms with Gasteiger partial charge < -0.3 is 10.6 Å². The van der Waals surface area contributed by atoms with Gasteiger partial charge in [-0.3, -0.25) is 14.5 Å². The van der Waals surface area contributed by atoms with E-state index in [2.05, 4.69) is 10.6 Å². The van der Waals surface area contributed by atoms with Crippen molar-refractivity contribution in [2.24, 2.45) is 0 Å². The summed E-state index contributed by atoms with van der Waals surface area (Å²) in [5.41, 5.74) is -1.03. The Bertz CT molecular complexity index is 884. The Kier molecular flexibility index (Phi) is 8.43. The Hall–Kier alpha value is -2.18. The number of hydrogen-bond donors (Lipinski definition) is 2. The van der Waals surface area contributed by atoms with Gasteiger partial charge in [0.05, 0.1) is 17.0 Å². The van der Waals surface area contributed by atoms with Crippen LogP contribution in [-0.2, 0) is 25.8 Å². The number of carbonyl (C=O) groups excluding carboxylic acids is 2. The molecule has 1 aromatic carbocycles. The van der Waals surface area contributed by atoms with Gasteiger partial charge in [-0.15, -0.1) is 0 Å². The summed E-state index contributed by atoms with van der Waals surface area (Å²) in [6.45, 7) is 4.55. The largest absolute Gasteiger partial charge is 0.416 e. The maximum Gasteiger partial charge on any atom is 0.416 e. The van der Waals surface area contributed by atoms with Crippen LogP contribution in [0.2, 0.25) is 0 Å². The van der Waals surface area contributed by atoms with E-state index in [1.165, 1.54) is 0 Å². The van der Waals surface area contributed by atoms with Crippen LogP contribution in [0.5, 0.6) is 0 Å². The topological polar surface area (TPSA) is 98.8 Å². The van der Waals surface area contributed by atoms with Crippen molar-refractivity contribution >= 4 is 21.8 Å². The lowest BCUT2D eigenvalue weighted by molar-refractivity contribution is -0.137. The molecule has 8 nitrogen and oxygen atoms in total. The predicted octanol–water partition coefficient (Wildman–Crippen LogP) is 1.04. The molecule has 1 unspecified atom stereocenters. The summed E-state index contributed by atoms with van der Waals surface area (Å²) >= 11 is 0. The molecule has 0 spiro atoms. The minimum Gasteiger partial charge on any atom is -0.354 e. The zero-order valence-corrected chi connectivity index (χ0v) is 18.2. The quantitative estimate of drug-likeness (QED) is 0.599. The lowest BCUT2D eigenvalue weighted by atomic mass is 10.2. The van der Waals surface area contributed by atoms with Gasteiger partial charge in [0.15, 0.2) is 0 Å². The molecule has 1 aliphatic rings. The standard InChI is InChI=1S/C19H27F3N4O4S/c1-3-7-23-18(28)14(2)24-17(27)13-25-8-10-26(11-9-25)31(29,30)16-6-4-5-15(12-16)19(20,21)22/h4-6,12,14H,3,7-11,13H2,1-2H3,(H,23,28)(H,24,27). The number of hydrogen-bond acceptors (Lipinski definition) is 5. The van der Waals surface area contributed by atoms with Crippen molar-refractivity contribution in [2.45, 2.75) is 37.4 Å². The van der Waals surface area contributed by atoms with Gasteiger partial charge in [-0.2, -0.15) is 17.5 Å². The Morgan fingerprint density at radius 3 is 2.39 bits per heavy atom. The number of nitrogens with one attached hydrogen (secondary N) is 2. The smallest absolute Gasteiger partial charge is 0.354 e. The summed E-state index contributed by atoms with van der Waals surface area (Å²) in [5, 5.41) is 5.27. The number of nitrogens with zero attached hydrogens (tertiary/aromatic N) is 2. The Labute approximate surface area is 179 Å². The summed E-state index contributed by atoms with van der Waals surface area (Å²) < 4.78 is 65.2. The first-order valence-electron chi connectivity index (χ1n) is 9.92. The van der Waals surface area contributed by atoms with Crippen LogP contribution >= 0.6 is 0 Å². The average molecular weight is 465 g/mol. The van der Waals surface area contributed by atoms with Crippen LogP contribution in [0, 0.1) is 0 Å². The molecule has 0 aliphatic carbocycles. The molecule has 0 saturated carbocycles. The van der Waals surface area contributed by atoms with E-state index in [1.54, 1.807) is 11.8 Å². The van der Waals surface area contributed by atoms with Crippen molar-refractivity contribution in [3.8, 4) is 0 Å². The van der Waals surface area contributed by atoms with E-state index < -0.39 is 32.7 Å². The first kappa shape index (κ1) is 25.1. The fourth-order valence-corrected chi connectivity index (χ4v) is 4.54. The number of carbonyl (C=O) groups is 2. The van der Waals surface area contributed by atoms with E-state index in [4.69, 9.17) is 0 Å². The summed E-state index contributed by atoms with van der Waals surface area (Å²) in [6, 6.07) is 2.95. The molecule has 174 valence electrons. The molecular weight excluding hydrogens is 437 g/mol. The highest BCUT2D eigenvalue weighted by molar-refractivity contribution is 7.89. The molecule has 2 rings (SSSR count). The second kappa shape index (κ2) is 10.4. The van der Waals surface area contributed by atoms with Gasteiger partial charge in [0, 0.05) is 32.7 Å². The second-order valence-electron chi connectivity index (χ2n) is 7.29. The maximum atomic E-state index is 12.9. The number of alkyl halides is 3. The van der Waals surface area contributed by atoms with Gasteiger partial charge in [0.25, 0.3) is 0 Å². The molecule has 2 N–H and O–H groups in total. The fraction of sp³-hybridized carbons (Fsp3) is 0.579. The lowest BCUT2D eigenvalue weighted by Gasteiger charge is -2.33. The number of benzene rings is 1. The van der Waals surface area contributed by atoms with E-state index in [9.17, 15) is 31.2 Å². The normalized spacial score (nSPS) is 17.2. The van der Waals surface area contributed by atoms with Crippen molar-refractivity contribution < 1.29 is 31.2 Å². The van der Waals surface area contributed by atoms with Crippen LogP contribution in [0.25, 0.3) is 0 Å². The SMILES string of the molecule is CCCNC(=O)C(C)NC(=O)CN1CCN(S(=O)(=O)c2cccc(C(F)(F)F)c2)CC1. The number of sulfonamides is 1. The molecule has 2 amide bonds. The Morgan fingerprint density at radius 1 is 1.16 bits per heavy atom. The van der Waals surface area contributed by atoms with Crippen molar-refractivity contribution in [3.05, 3.63) is 29.8 Å². The third-order valence-electron chi connectivity index (χ3n) is 4.82. The van der Waals surface area contributed by atoms with Gasteiger partial charge in [-0.05, 0) is 31.5 Å². The Morgan fingerprint density at radius 2 is 1.81 bits per heavy atom. The minimum absolute atomic E-state index is 0.0111. The summed E-state index contributed by atoms with van der Waals surface area (Å²) in [4.78, 5) is 25.3. The summed E-state index contributed by atoms with van der Waals surface area (Å²) in [6.07, 6.45) is -3.86. The van der Waals surface area contributed by atoms with Crippen LogP contribution in [0.3, 0.4) is 0 Å². The van der Waals surface area contributed by atoms with Gasteiger partial charge in [0.1, 0.15) is 6.04 Å². The monoisotopic (exact) mass is 464 g/mol. The van der Waals surface area contributed by atoms with Gasteiger partial charge in [-0.1, -0.05) is 13.0 Å². The molecule has 0 radical (unpaired) electrons. The van der Waals surface area contributed by atoms with Crippen molar-refractivity contribution in [1.29, 1.82) is 0 Å². The highest BCUT2D eigenvalue weighted by Gasteiger charge is 2.34. The maximum absolute atomic E-state index is 12.9. The van der Waals surface area contributed by atoms with Crippen LogP contribution < -0.4 is 10.6 Å². The first-order valence-corrected chi connectivity index (χ1v) is 11.4. The summed E-state index contributed by atoms with van der Waals surface area (Å²) in [7, 11) is -4.08. The number of rotatable bonds is 8. The molecule has 0 bridgehead atoms. The number of halogens is 3. The lowest BCUT2D eigenvalue weighted by Crippen LogP contribution is -2.53. The molecule has 12 heteroatoms. The van der Waals surface area contributed by atoms with E-state index in [0.29, 0.717) is 12.6 Å². The fourth-order valence-electron chi connectivity index (χ4n) is 3.07. The first-order chi connectivity index (χ1) is 14.4. The molecule has 1 saturated heterocycles. The predicted molar refractivity (Wildman–Crippen MR) is 108 cm³/mol. The molecule has 1 aromatic rings. The molecule has 1 atom stereocenters. The minimum atomic E-state index is -4.64. The van der Waals surface area contributed by atoms with E-state index >= 15 is 0 Å². The average Bonchev–Trinajstić information content (AvgIpc) is 2.71. The van der Waals surface area contributed by atoms with Gasteiger partial charge in [-0.25, -0.2) is 8.42 Å². The highest BCUT2D eigenvalue weighted by Crippen LogP contribution is 2.31. The molecular formula is C19H27F3N4O4S. The molecule has 1 heterocycles. The van der Waals surface area contributed by atoms with Crippen LogP contribution in [0.4, 0.5) is 13.2 Å². The zero-order chi connectivity index (χ0) is 23.2. The molecule has 31 heavy (non-hydrogen) atoms. The Balaban J connectivity index is 1.91. The van der Waals surface area contributed by atoms with Gasteiger partial charge in [0.2, 0.25) is 21.8 Å². The molecule has 0 aromatic heterocycles. The van der Waals surface area contributed by atoms with E-state index in [0.717, 1.165) is 28.9 Å². The third kappa shape index (κ3) is 6.91. The van der Waals surface area contributed by atoms with Crippen LogP contribution in [0.15, 0.2) is 29.2 Å². The van der Waals surface area contributed by atoms with Crippen LogP contribution in [0.1, 0.15) is 25.8 Å². The number of piperazine rings is 1. The molecule has 1 aliphatic heterocycles. The zero-order valence-electron chi connectivity index (χ0n) is 17.4. The third-order valence-corrected chi connectivity index (χ3v) is 6.71. The van der Waals surface area contributed by atoms with Gasteiger partial charge >= 0.3 is 6.18 Å². The van der Waals surface area contributed by atoms with Crippen molar-refractivity contribution in [2.75, 3.05) is 39.3 Å². The van der Waals surface area contributed by atoms with Crippen LogP contribution in [-0.4, -0.2) is 74.7 Å². The highest BCUT2D eigenvalue weighted by atomic mass is 32.2. The number of amides is 2. The summed E-state index contributed by atoms with van der Waals surface area (Å²) in [5.74, 6) is -0.652. The van der Waals surface area contributed by atoms with Crippen molar-refractivity contribution in [1.82, 2.24) is 19.8 Å². The van der Waals surface area contributed by atoms with Crippen molar-refractivity contribution in [3.63, 3.8) is 0 Å². The van der Waals surface area contributed by atoms with E-state index in [1.807, 2.05) is 6.92 Å².